The minimum atomic E-state index is -0.203. The number of aromatic amines is 1. The van der Waals surface area contributed by atoms with E-state index in [4.69, 9.17) is 4.74 Å². The Balaban J connectivity index is 1.39. The zero-order valence-corrected chi connectivity index (χ0v) is 14.2. The standard InChI is InChI=1S/C18H22N4O3/c1-2-17(23)20-13-5-7-15(8-6-13)25-11-18(24)19-10-14-9-16(22-21-14)12-3-4-12/h5-9,12H,2-4,10-11H2,1H3,(H,19,24)(H,20,23)(H,21,22). The van der Waals surface area contributed by atoms with Crippen LogP contribution in [-0.2, 0) is 16.1 Å². The van der Waals surface area contributed by atoms with E-state index in [1.807, 2.05) is 6.07 Å². The molecule has 0 bridgehead atoms. The van der Waals surface area contributed by atoms with Crippen LogP contribution in [-0.4, -0.2) is 28.6 Å². The molecule has 1 aromatic carbocycles. The first-order chi connectivity index (χ1) is 12.1. The van der Waals surface area contributed by atoms with Gasteiger partial charge in [-0.05, 0) is 43.2 Å². The highest BCUT2D eigenvalue weighted by atomic mass is 16.5. The molecule has 0 atom stereocenters. The van der Waals surface area contributed by atoms with Gasteiger partial charge in [0.15, 0.2) is 6.61 Å². The first-order valence-corrected chi connectivity index (χ1v) is 8.47. The molecule has 2 amide bonds. The van der Waals surface area contributed by atoms with Crippen LogP contribution in [0.25, 0.3) is 0 Å². The number of hydrogen-bond acceptors (Lipinski definition) is 4. The smallest absolute Gasteiger partial charge is 0.258 e. The van der Waals surface area contributed by atoms with Gasteiger partial charge in [-0.25, -0.2) is 0 Å². The van der Waals surface area contributed by atoms with Crippen molar-refractivity contribution in [1.29, 1.82) is 0 Å². The summed E-state index contributed by atoms with van der Waals surface area (Å²) in [6.45, 7) is 2.13. The van der Waals surface area contributed by atoms with Crippen LogP contribution < -0.4 is 15.4 Å². The molecule has 0 saturated heterocycles. The second kappa shape index (κ2) is 7.83. The van der Waals surface area contributed by atoms with Crippen molar-refractivity contribution in [1.82, 2.24) is 15.5 Å². The number of amides is 2. The average molecular weight is 342 g/mol. The van der Waals surface area contributed by atoms with Gasteiger partial charge in [-0.15, -0.1) is 0 Å². The molecule has 7 nitrogen and oxygen atoms in total. The van der Waals surface area contributed by atoms with E-state index in [1.165, 1.54) is 12.8 Å². The van der Waals surface area contributed by atoms with Crippen LogP contribution in [0, 0.1) is 0 Å². The van der Waals surface area contributed by atoms with Crippen LogP contribution in [0.1, 0.15) is 43.5 Å². The lowest BCUT2D eigenvalue weighted by molar-refractivity contribution is -0.123. The minimum Gasteiger partial charge on any atom is -0.484 e. The Morgan fingerprint density at radius 3 is 2.68 bits per heavy atom. The number of carbonyl (C=O) groups excluding carboxylic acids is 2. The first-order valence-electron chi connectivity index (χ1n) is 8.47. The number of rotatable bonds is 8. The van der Waals surface area contributed by atoms with Gasteiger partial charge < -0.3 is 15.4 Å². The van der Waals surface area contributed by atoms with Crippen molar-refractivity contribution in [3.8, 4) is 5.75 Å². The Labute approximate surface area is 146 Å². The molecule has 1 heterocycles. The Kier molecular flexibility index (Phi) is 5.33. The Bertz CT molecular complexity index is 735. The van der Waals surface area contributed by atoms with E-state index in [9.17, 15) is 9.59 Å². The normalized spacial score (nSPS) is 13.3. The Morgan fingerprint density at radius 2 is 2.00 bits per heavy atom. The highest BCUT2D eigenvalue weighted by molar-refractivity contribution is 5.90. The fourth-order valence-corrected chi connectivity index (χ4v) is 2.34. The lowest BCUT2D eigenvalue weighted by Crippen LogP contribution is -2.28. The number of carbonyl (C=O) groups is 2. The SMILES string of the molecule is CCC(=O)Nc1ccc(OCC(=O)NCc2cc(C3CC3)n[nH]2)cc1. The largest absolute Gasteiger partial charge is 0.484 e. The molecule has 7 heteroatoms. The quantitative estimate of drug-likeness (QED) is 0.686. The summed E-state index contributed by atoms with van der Waals surface area (Å²) in [5.74, 6) is 0.916. The molecule has 3 N–H and O–H groups in total. The van der Waals surface area contributed by atoms with Crippen LogP contribution in [0.3, 0.4) is 0 Å². The van der Waals surface area contributed by atoms with Gasteiger partial charge in [-0.2, -0.15) is 5.10 Å². The predicted molar refractivity (Wildman–Crippen MR) is 93.3 cm³/mol. The summed E-state index contributed by atoms with van der Waals surface area (Å²) in [6.07, 6.45) is 2.83. The van der Waals surface area contributed by atoms with E-state index in [0.717, 1.165) is 11.4 Å². The zero-order valence-electron chi connectivity index (χ0n) is 14.2. The molecular formula is C18H22N4O3. The zero-order chi connectivity index (χ0) is 17.6. The summed E-state index contributed by atoms with van der Waals surface area (Å²) in [5.41, 5.74) is 2.68. The van der Waals surface area contributed by atoms with E-state index in [1.54, 1.807) is 31.2 Å². The van der Waals surface area contributed by atoms with Gasteiger partial charge in [0.1, 0.15) is 5.75 Å². The van der Waals surface area contributed by atoms with E-state index >= 15 is 0 Å². The number of nitrogens with one attached hydrogen (secondary N) is 3. The molecule has 0 unspecified atom stereocenters. The number of anilines is 1. The van der Waals surface area contributed by atoms with E-state index in [-0.39, 0.29) is 18.4 Å². The summed E-state index contributed by atoms with van der Waals surface area (Å²) in [7, 11) is 0. The average Bonchev–Trinajstić information content (AvgIpc) is 3.37. The number of H-pyrrole nitrogens is 1. The number of aromatic nitrogens is 2. The van der Waals surface area contributed by atoms with E-state index < -0.39 is 0 Å². The van der Waals surface area contributed by atoms with Crippen LogP contribution in [0.15, 0.2) is 30.3 Å². The predicted octanol–water partition coefficient (Wildman–Crippen LogP) is 2.33. The third-order valence-corrected chi connectivity index (χ3v) is 3.95. The van der Waals surface area contributed by atoms with Gasteiger partial charge in [0, 0.05) is 18.0 Å². The third kappa shape index (κ3) is 5.07. The molecular weight excluding hydrogens is 320 g/mol. The fraction of sp³-hybridized carbons (Fsp3) is 0.389. The highest BCUT2D eigenvalue weighted by Crippen LogP contribution is 2.38. The van der Waals surface area contributed by atoms with Crippen molar-refractivity contribution < 1.29 is 14.3 Å². The minimum absolute atomic E-state index is 0.0447. The molecule has 25 heavy (non-hydrogen) atoms. The van der Waals surface area contributed by atoms with Crippen molar-refractivity contribution in [3.05, 3.63) is 41.7 Å². The van der Waals surface area contributed by atoms with Crippen molar-refractivity contribution in [3.63, 3.8) is 0 Å². The number of benzene rings is 1. The molecule has 0 radical (unpaired) electrons. The van der Waals surface area contributed by atoms with Crippen LogP contribution in [0.5, 0.6) is 5.75 Å². The van der Waals surface area contributed by atoms with Gasteiger partial charge in [-0.3, -0.25) is 14.7 Å². The molecule has 2 aromatic rings. The van der Waals surface area contributed by atoms with E-state index in [2.05, 4.69) is 20.8 Å². The van der Waals surface area contributed by atoms with Gasteiger partial charge >= 0.3 is 0 Å². The maximum absolute atomic E-state index is 11.9. The lowest BCUT2D eigenvalue weighted by Gasteiger charge is -2.08. The first kappa shape index (κ1) is 17.0. The maximum atomic E-state index is 11.9. The second-order valence-electron chi connectivity index (χ2n) is 6.08. The van der Waals surface area contributed by atoms with E-state index in [0.29, 0.717) is 30.3 Å². The topological polar surface area (TPSA) is 96.1 Å². The maximum Gasteiger partial charge on any atom is 0.258 e. The molecule has 1 saturated carbocycles. The van der Waals surface area contributed by atoms with Crippen LogP contribution >= 0.6 is 0 Å². The van der Waals surface area contributed by atoms with Crippen molar-refractivity contribution in [2.24, 2.45) is 0 Å². The molecule has 132 valence electrons. The summed E-state index contributed by atoms with van der Waals surface area (Å²) in [6, 6.07) is 8.92. The van der Waals surface area contributed by atoms with Gasteiger partial charge in [0.05, 0.1) is 17.9 Å². The monoisotopic (exact) mass is 342 g/mol. The number of hydrogen-bond donors (Lipinski definition) is 3. The lowest BCUT2D eigenvalue weighted by atomic mass is 10.2. The third-order valence-electron chi connectivity index (χ3n) is 3.95. The Hall–Kier alpha value is -2.83. The van der Waals surface area contributed by atoms with Crippen molar-refractivity contribution in [2.75, 3.05) is 11.9 Å². The summed E-state index contributed by atoms with van der Waals surface area (Å²) in [5, 5.41) is 12.7. The van der Waals surface area contributed by atoms with Gasteiger partial charge in [0.2, 0.25) is 5.91 Å². The van der Waals surface area contributed by atoms with Crippen LogP contribution in [0.4, 0.5) is 5.69 Å². The molecule has 1 aromatic heterocycles. The summed E-state index contributed by atoms with van der Waals surface area (Å²) in [4.78, 5) is 23.2. The summed E-state index contributed by atoms with van der Waals surface area (Å²) >= 11 is 0. The summed E-state index contributed by atoms with van der Waals surface area (Å²) < 4.78 is 5.45. The number of ether oxygens (including phenoxy) is 1. The highest BCUT2D eigenvalue weighted by Gasteiger charge is 2.25. The molecule has 1 fully saturated rings. The van der Waals surface area contributed by atoms with Crippen LogP contribution in [0.2, 0.25) is 0 Å². The molecule has 1 aliphatic carbocycles. The number of nitrogens with zero attached hydrogens (tertiary/aromatic N) is 1. The molecule has 3 rings (SSSR count). The van der Waals surface area contributed by atoms with Gasteiger partial charge in [-0.1, -0.05) is 6.92 Å². The molecule has 1 aliphatic rings. The Morgan fingerprint density at radius 1 is 1.24 bits per heavy atom. The fourth-order valence-electron chi connectivity index (χ4n) is 2.34. The van der Waals surface area contributed by atoms with Gasteiger partial charge in [0.25, 0.3) is 5.91 Å². The van der Waals surface area contributed by atoms with Crippen molar-refractivity contribution in [2.45, 2.75) is 38.6 Å². The van der Waals surface area contributed by atoms with Crippen molar-refractivity contribution >= 4 is 17.5 Å². The molecule has 0 aliphatic heterocycles. The second-order valence-corrected chi connectivity index (χ2v) is 6.08. The molecule has 0 spiro atoms.